The fourth-order valence-electron chi connectivity index (χ4n) is 8.65. The van der Waals surface area contributed by atoms with Gasteiger partial charge in [0.25, 0.3) is 0 Å². The minimum absolute atomic E-state index is 0.317. The van der Waals surface area contributed by atoms with Crippen LogP contribution in [0.15, 0.2) is 42.5 Å². The Bertz CT molecular complexity index is 2040. The van der Waals surface area contributed by atoms with Crippen LogP contribution in [0.25, 0.3) is 0 Å². The Morgan fingerprint density at radius 1 is 0.394 bits per heavy atom. The lowest BCUT2D eigenvalue weighted by molar-refractivity contribution is -0.958. The molecule has 71 heavy (non-hydrogen) atoms. The van der Waals surface area contributed by atoms with E-state index in [-0.39, 0.29) is 5.56 Å². The summed E-state index contributed by atoms with van der Waals surface area (Å²) in [6.45, 7) is 10.1. The van der Waals surface area contributed by atoms with Crippen molar-refractivity contribution in [2.24, 2.45) is 0 Å². The van der Waals surface area contributed by atoms with Gasteiger partial charge in [0, 0.05) is 48.4 Å². The lowest BCUT2D eigenvalue weighted by Crippen LogP contribution is -2.53. The summed E-state index contributed by atoms with van der Waals surface area (Å²) in [6, 6.07) is 5.09. The van der Waals surface area contributed by atoms with E-state index in [4.69, 9.17) is 14.0 Å². The topological polar surface area (TPSA) is 27.7 Å². The number of nitrogens with zero attached hydrogens (tertiary/aromatic N) is 1. The highest BCUT2D eigenvalue weighted by Crippen LogP contribution is 2.43. The van der Waals surface area contributed by atoms with Crippen molar-refractivity contribution < 1.29 is 71.1 Å². The molecule has 4 aromatic rings. The normalized spacial score (nSPS) is 11.9. The Morgan fingerprint density at radius 3 is 1.10 bits per heavy atom. The predicted molar refractivity (Wildman–Crippen MR) is 254 cm³/mol. The highest BCUT2D eigenvalue weighted by molar-refractivity contribution is 6.39. The molecule has 0 spiro atoms. The number of rotatable bonds is 33. The van der Waals surface area contributed by atoms with Gasteiger partial charge in [0.2, 0.25) is 0 Å². The molecule has 0 aliphatic rings. The molecule has 0 saturated carbocycles. The van der Waals surface area contributed by atoms with Crippen LogP contribution in [-0.4, -0.2) is 31.4 Å². The van der Waals surface area contributed by atoms with Crippen LogP contribution < -0.4 is 14.0 Å². The molecule has 0 radical (unpaired) electrons. The van der Waals surface area contributed by atoms with Crippen LogP contribution in [0.1, 0.15) is 181 Å². The maximum absolute atomic E-state index is 16.7. The summed E-state index contributed by atoms with van der Waals surface area (Å²) in [5.41, 5.74) is -0.317. The Balaban J connectivity index is 0.00000132. The largest absolute Gasteiger partial charge is 0.864 e. The lowest BCUT2D eigenvalue weighted by atomic mass is 9.92. The fourth-order valence-corrected chi connectivity index (χ4v) is 8.65. The number of unbranched alkanes of at least 4 members (excludes halogenated alkanes) is 17. The van der Waals surface area contributed by atoms with Crippen LogP contribution in [0.2, 0.25) is 0 Å². The van der Waals surface area contributed by atoms with Gasteiger partial charge < -0.3 is 18.4 Å². The molecule has 4 aromatic carbocycles. The summed E-state index contributed by atoms with van der Waals surface area (Å²) in [7, 11) is -2.33. The van der Waals surface area contributed by atoms with Crippen LogP contribution in [-0.2, 0) is 0 Å². The third-order valence-electron chi connectivity index (χ3n) is 12.6. The standard InChI is InChI=1S/C48H68BF9NO3.C6H2F3/c1-5-9-13-14-15-16-17-18-19-20-21-22-23-24-25-26-42(59(27-10-6-2,28-11-7-3)29-12-8-4)44-43(34-41(54)47(57)48(44)58)62-49(60-35-30-37(50)45(55)38(51)31-35)61-36-32-39(52)46(56)40(53)33-36;7-4-2-1-3-5(8)6(4)9/h30-34,42H,5-29H2,1-4H3;2-3H/q+1;-1. The van der Waals surface area contributed by atoms with E-state index in [1.807, 2.05) is 20.8 Å². The zero-order valence-electron chi connectivity index (χ0n) is 41.6. The Morgan fingerprint density at radius 2 is 0.732 bits per heavy atom. The number of hydrogen-bond acceptors (Lipinski definition) is 3. The maximum atomic E-state index is 16.7. The van der Waals surface area contributed by atoms with Gasteiger partial charge >= 0.3 is 7.32 Å². The average Bonchev–Trinajstić information content (AvgIpc) is 3.34. The zero-order valence-corrected chi connectivity index (χ0v) is 41.6. The number of quaternary nitrogens is 1. The van der Waals surface area contributed by atoms with Crippen molar-refractivity contribution in [2.75, 3.05) is 19.6 Å². The molecule has 4 rings (SSSR count). The molecule has 0 saturated heterocycles. The maximum Gasteiger partial charge on any atom is 0.864 e. The van der Waals surface area contributed by atoms with Crippen molar-refractivity contribution in [1.29, 1.82) is 0 Å². The smallest absolute Gasteiger partial charge is 0.489 e. The molecule has 17 heteroatoms. The van der Waals surface area contributed by atoms with Crippen LogP contribution in [0.4, 0.5) is 52.7 Å². The van der Waals surface area contributed by atoms with E-state index in [2.05, 4.69) is 13.0 Å². The zero-order chi connectivity index (χ0) is 52.3. The van der Waals surface area contributed by atoms with E-state index < -0.39 is 100 Å². The summed E-state index contributed by atoms with van der Waals surface area (Å²) in [4.78, 5) is 0. The Labute approximate surface area is 413 Å². The SMILES string of the molecule is CCCCCCCCCCCCCCCCCC(c1c(OB(Oc2cc(F)c(F)c(F)c2)Oc2cc(F)c(F)c(F)c2)cc(F)c(F)c1F)[N+](CCCC)(CCCC)CCCC.Fc1c[c-]cc(F)c1F. The molecule has 396 valence electrons. The van der Waals surface area contributed by atoms with Gasteiger partial charge in [-0.3, -0.25) is 8.78 Å². The molecular weight excluding hydrogens is 949 g/mol. The van der Waals surface area contributed by atoms with E-state index >= 15 is 13.2 Å². The average molecular weight is 1020 g/mol. The van der Waals surface area contributed by atoms with Gasteiger partial charge in [-0.1, -0.05) is 137 Å². The molecule has 0 N–H and O–H groups in total. The van der Waals surface area contributed by atoms with Gasteiger partial charge in [-0.05, 0) is 25.7 Å². The van der Waals surface area contributed by atoms with Crippen molar-refractivity contribution >= 4 is 7.32 Å². The Kier molecular flexibility index (Phi) is 27.8. The van der Waals surface area contributed by atoms with Gasteiger partial charge in [-0.25, -0.2) is 43.9 Å². The molecule has 0 bridgehead atoms. The highest BCUT2D eigenvalue weighted by Gasteiger charge is 2.43. The van der Waals surface area contributed by atoms with Crippen molar-refractivity contribution in [3.8, 4) is 17.2 Å². The van der Waals surface area contributed by atoms with E-state index in [1.54, 1.807) is 0 Å². The molecule has 1 unspecified atom stereocenters. The lowest BCUT2D eigenvalue weighted by Gasteiger charge is -2.46. The molecule has 0 heterocycles. The monoisotopic (exact) mass is 1020 g/mol. The van der Waals surface area contributed by atoms with E-state index in [0.29, 0.717) is 67.3 Å². The van der Waals surface area contributed by atoms with Gasteiger partial charge in [0.1, 0.15) is 23.3 Å². The third kappa shape index (κ3) is 19.8. The minimum Gasteiger partial charge on any atom is -0.489 e. The van der Waals surface area contributed by atoms with E-state index in [1.165, 1.54) is 57.8 Å². The molecule has 0 aliphatic carbocycles. The molecular formula is C54H70BF12NO3. The van der Waals surface area contributed by atoms with Crippen molar-refractivity contribution in [1.82, 2.24) is 0 Å². The van der Waals surface area contributed by atoms with Gasteiger partial charge in [0.05, 0.1) is 31.0 Å². The van der Waals surface area contributed by atoms with Gasteiger partial charge in [-0.2, -0.15) is 6.07 Å². The first-order chi connectivity index (χ1) is 34.0. The summed E-state index contributed by atoms with van der Waals surface area (Å²) in [6.07, 6.45) is 22.2. The summed E-state index contributed by atoms with van der Waals surface area (Å²) in [5, 5.41) is 0. The summed E-state index contributed by atoms with van der Waals surface area (Å²) < 4.78 is 186. The first-order valence-electron chi connectivity index (χ1n) is 25.4. The summed E-state index contributed by atoms with van der Waals surface area (Å²) in [5.74, 6) is -21.2. The number of hydrogen-bond donors (Lipinski definition) is 0. The number of benzene rings is 4. The predicted octanol–water partition coefficient (Wildman–Crippen LogP) is 17.9. The first kappa shape index (κ1) is 60.8. The molecule has 0 fully saturated rings. The van der Waals surface area contributed by atoms with Crippen LogP contribution in [0.3, 0.4) is 0 Å². The molecule has 0 aromatic heterocycles. The van der Waals surface area contributed by atoms with E-state index in [0.717, 1.165) is 82.8 Å². The molecule has 1 atom stereocenters. The Hall–Kier alpha value is -4.54. The van der Waals surface area contributed by atoms with Crippen LogP contribution >= 0.6 is 0 Å². The first-order valence-corrected chi connectivity index (χ1v) is 25.4. The van der Waals surface area contributed by atoms with Gasteiger partial charge in [0.15, 0.2) is 52.4 Å². The second-order valence-corrected chi connectivity index (χ2v) is 18.1. The fraction of sp³-hybridized carbons (Fsp3) is 0.556. The van der Waals surface area contributed by atoms with Gasteiger partial charge in [-0.15, -0.1) is 12.1 Å². The van der Waals surface area contributed by atoms with Crippen molar-refractivity contribution in [3.05, 3.63) is 124 Å². The molecule has 0 amide bonds. The van der Waals surface area contributed by atoms with Crippen LogP contribution in [0.5, 0.6) is 17.2 Å². The van der Waals surface area contributed by atoms with Crippen molar-refractivity contribution in [3.63, 3.8) is 0 Å². The second kappa shape index (κ2) is 32.5. The van der Waals surface area contributed by atoms with Crippen molar-refractivity contribution in [2.45, 2.75) is 175 Å². The molecule has 4 nitrogen and oxygen atoms in total. The second-order valence-electron chi connectivity index (χ2n) is 18.1. The minimum atomic E-state index is -2.33. The van der Waals surface area contributed by atoms with Crippen LogP contribution in [0, 0.1) is 75.9 Å². The quantitative estimate of drug-likeness (QED) is 0.0119. The third-order valence-corrected chi connectivity index (χ3v) is 12.6. The van der Waals surface area contributed by atoms with E-state index in [9.17, 15) is 39.5 Å². The summed E-state index contributed by atoms with van der Waals surface area (Å²) >= 11 is 0. The highest BCUT2D eigenvalue weighted by atomic mass is 19.2. The molecule has 0 aliphatic heterocycles. The number of halogens is 12.